The van der Waals surface area contributed by atoms with Crippen LogP contribution in [0.1, 0.15) is 23.9 Å². The fourth-order valence-corrected chi connectivity index (χ4v) is 3.03. The Morgan fingerprint density at radius 1 is 1.29 bits per heavy atom. The van der Waals surface area contributed by atoms with Gasteiger partial charge in [0.1, 0.15) is 11.6 Å². The van der Waals surface area contributed by atoms with E-state index in [2.05, 4.69) is 15.3 Å². The molecule has 4 nitrogen and oxygen atoms in total. The van der Waals surface area contributed by atoms with Gasteiger partial charge >= 0.3 is 6.18 Å². The number of likely N-dealkylation sites (tertiary alicyclic amines) is 1. The van der Waals surface area contributed by atoms with Gasteiger partial charge in [-0.3, -0.25) is 10.2 Å². The number of H-pyrrole nitrogens is 1. The lowest BCUT2D eigenvalue weighted by Gasteiger charge is -2.23. The molecular weight excluding hydrogens is 324 g/mol. The van der Waals surface area contributed by atoms with Crippen LogP contribution in [0.15, 0.2) is 36.7 Å². The molecule has 1 saturated heterocycles. The van der Waals surface area contributed by atoms with Gasteiger partial charge in [0, 0.05) is 31.5 Å². The molecule has 0 spiro atoms. The molecule has 0 saturated carbocycles. The highest BCUT2D eigenvalue weighted by atomic mass is 19.4. The Morgan fingerprint density at radius 2 is 2.04 bits per heavy atom. The highest BCUT2D eigenvalue weighted by molar-refractivity contribution is 5.25. The van der Waals surface area contributed by atoms with Gasteiger partial charge in [-0.1, -0.05) is 12.1 Å². The Labute approximate surface area is 136 Å². The summed E-state index contributed by atoms with van der Waals surface area (Å²) in [7, 11) is 0. The molecule has 0 aliphatic carbocycles. The molecule has 1 aromatic heterocycles. The fraction of sp³-hybridized carbons (Fsp3) is 0.438. The molecule has 1 fully saturated rings. The molecular formula is C16H18F4N4. The van der Waals surface area contributed by atoms with E-state index in [1.165, 1.54) is 17.0 Å². The number of hydrogen-bond acceptors (Lipinski definition) is 3. The van der Waals surface area contributed by atoms with Crippen LogP contribution in [-0.2, 0) is 0 Å². The van der Waals surface area contributed by atoms with Crippen molar-refractivity contribution in [3.05, 3.63) is 53.9 Å². The van der Waals surface area contributed by atoms with Crippen molar-refractivity contribution in [1.29, 1.82) is 0 Å². The zero-order valence-electron chi connectivity index (χ0n) is 12.9. The first kappa shape index (κ1) is 16.9. The van der Waals surface area contributed by atoms with Crippen molar-refractivity contribution in [1.82, 2.24) is 20.2 Å². The van der Waals surface area contributed by atoms with E-state index >= 15 is 0 Å². The van der Waals surface area contributed by atoms with Gasteiger partial charge in [0.05, 0.1) is 12.6 Å². The molecule has 2 N–H and O–H groups in total. The molecule has 2 heterocycles. The summed E-state index contributed by atoms with van der Waals surface area (Å²) in [5, 5.41) is 3.34. The molecule has 1 aromatic carbocycles. The third-order valence-electron chi connectivity index (χ3n) is 4.07. The summed E-state index contributed by atoms with van der Waals surface area (Å²) in [6.07, 6.45) is -0.281. The number of aromatic nitrogens is 2. The maximum absolute atomic E-state index is 13.1. The van der Waals surface area contributed by atoms with E-state index in [-0.39, 0.29) is 17.9 Å². The summed E-state index contributed by atoms with van der Waals surface area (Å²) in [4.78, 5) is 8.63. The van der Waals surface area contributed by atoms with Gasteiger partial charge in [-0.25, -0.2) is 9.37 Å². The van der Waals surface area contributed by atoms with Crippen LogP contribution in [0, 0.1) is 5.82 Å². The van der Waals surface area contributed by atoms with Gasteiger partial charge in [-0.05, 0) is 24.1 Å². The minimum atomic E-state index is -4.19. The van der Waals surface area contributed by atoms with Gasteiger partial charge < -0.3 is 4.98 Å². The van der Waals surface area contributed by atoms with E-state index in [4.69, 9.17) is 0 Å². The second-order valence-electron chi connectivity index (χ2n) is 5.96. The molecule has 8 heteroatoms. The third-order valence-corrected chi connectivity index (χ3v) is 4.07. The summed E-state index contributed by atoms with van der Waals surface area (Å²) in [6, 6.07) is 5.61. The topological polar surface area (TPSA) is 44.0 Å². The van der Waals surface area contributed by atoms with Crippen LogP contribution in [0.25, 0.3) is 0 Å². The van der Waals surface area contributed by atoms with Crippen molar-refractivity contribution >= 4 is 0 Å². The minimum Gasteiger partial charge on any atom is -0.347 e. The molecule has 2 atom stereocenters. The summed E-state index contributed by atoms with van der Waals surface area (Å²) < 4.78 is 50.7. The molecule has 0 bridgehead atoms. The quantitative estimate of drug-likeness (QED) is 0.822. The van der Waals surface area contributed by atoms with E-state index < -0.39 is 12.7 Å². The van der Waals surface area contributed by atoms with Crippen LogP contribution in [0.3, 0.4) is 0 Å². The van der Waals surface area contributed by atoms with Gasteiger partial charge in [-0.15, -0.1) is 0 Å². The molecule has 130 valence electrons. The van der Waals surface area contributed by atoms with E-state index in [0.29, 0.717) is 25.3 Å². The lowest BCUT2D eigenvalue weighted by atomic mass is 10.0. The molecule has 0 radical (unpaired) electrons. The number of halogens is 4. The van der Waals surface area contributed by atoms with Gasteiger partial charge in [0.2, 0.25) is 0 Å². The minimum absolute atomic E-state index is 0.0903. The molecule has 2 aromatic rings. The van der Waals surface area contributed by atoms with E-state index in [0.717, 1.165) is 5.56 Å². The SMILES string of the molecule is Fc1ccc([C@H](N[C@H]2CCN(CC(F)(F)F)C2)c2ncc[nH]2)cc1. The second kappa shape index (κ2) is 6.90. The maximum Gasteiger partial charge on any atom is 0.401 e. The summed E-state index contributed by atoms with van der Waals surface area (Å²) >= 11 is 0. The standard InChI is InChI=1S/C16H18F4N4/c17-12-3-1-11(2-4-12)14(15-21-6-7-22-15)23-13-5-8-24(9-13)10-16(18,19)20/h1-4,6-7,13-14,23H,5,8-10H2,(H,21,22)/t13-,14-/m0/s1. The van der Waals surface area contributed by atoms with E-state index in [1.807, 2.05) is 0 Å². The Bertz CT molecular complexity index is 639. The molecule has 1 aliphatic heterocycles. The molecule has 1 aliphatic rings. The number of imidazole rings is 1. The van der Waals surface area contributed by atoms with Crippen molar-refractivity contribution < 1.29 is 17.6 Å². The predicted molar refractivity (Wildman–Crippen MR) is 80.9 cm³/mol. The zero-order chi connectivity index (χ0) is 17.2. The monoisotopic (exact) mass is 342 g/mol. The maximum atomic E-state index is 13.1. The third kappa shape index (κ3) is 4.33. The van der Waals surface area contributed by atoms with Gasteiger partial charge in [0.25, 0.3) is 0 Å². The van der Waals surface area contributed by atoms with E-state index in [1.54, 1.807) is 24.5 Å². The fourth-order valence-electron chi connectivity index (χ4n) is 3.03. The van der Waals surface area contributed by atoms with Crippen molar-refractivity contribution in [2.24, 2.45) is 0 Å². The highest BCUT2D eigenvalue weighted by Crippen LogP contribution is 2.24. The Kier molecular flexibility index (Phi) is 4.86. The molecule has 24 heavy (non-hydrogen) atoms. The van der Waals surface area contributed by atoms with Crippen LogP contribution < -0.4 is 5.32 Å². The van der Waals surface area contributed by atoms with Crippen LogP contribution >= 0.6 is 0 Å². The summed E-state index contributed by atoms with van der Waals surface area (Å²) in [5.74, 6) is 0.310. The number of alkyl halides is 3. The Morgan fingerprint density at radius 3 is 2.67 bits per heavy atom. The summed E-state index contributed by atoms with van der Waals surface area (Å²) in [6.45, 7) is -0.184. The van der Waals surface area contributed by atoms with Crippen LogP contribution in [0.4, 0.5) is 17.6 Å². The highest BCUT2D eigenvalue weighted by Gasteiger charge is 2.35. The van der Waals surface area contributed by atoms with Crippen LogP contribution in [0.5, 0.6) is 0 Å². The van der Waals surface area contributed by atoms with Gasteiger partial charge in [-0.2, -0.15) is 13.2 Å². The molecule has 0 amide bonds. The lowest BCUT2D eigenvalue weighted by molar-refractivity contribution is -0.143. The first-order valence-electron chi connectivity index (χ1n) is 7.70. The first-order chi connectivity index (χ1) is 11.4. The number of hydrogen-bond donors (Lipinski definition) is 2. The van der Waals surface area contributed by atoms with Crippen molar-refractivity contribution in [2.45, 2.75) is 24.7 Å². The van der Waals surface area contributed by atoms with Crippen molar-refractivity contribution in [3.8, 4) is 0 Å². The number of rotatable bonds is 5. The molecule has 3 rings (SSSR count). The normalized spacial score (nSPS) is 20.4. The van der Waals surface area contributed by atoms with Crippen LogP contribution in [0.2, 0.25) is 0 Å². The zero-order valence-corrected chi connectivity index (χ0v) is 12.9. The largest absolute Gasteiger partial charge is 0.401 e. The number of aromatic amines is 1. The summed E-state index contributed by atoms with van der Waals surface area (Å²) in [5.41, 5.74) is 0.806. The lowest BCUT2D eigenvalue weighted by Crippen LogP contribution is -2.38. The van der Waals surface area contributed by atoms with E-state index in [9.17, 15) is 17.6 Å². The smallest absolute Gasteiger partial charge is 0.347 e. The Hall–Kier alpha value is -1.93. The predicted octanol–water partition coefficient (Wildman–Crippen LogP) is 2.86. The first-order valence-corrected chi connectivity index (χ1v) is 7.70. The molecule has 0 unspecified atom stereocenters. The number of nitrogens with zero attached hydrogens (tertiary/aromatic N) is 2. The van der Waals surface area contributed by atoms with Gasteiger partial charge in [0.15, 0.2) is 0 Å². The van der Waals surface area contributed by atoms with Crippen molar-refractivity contribution in [3.63, 3.8) is 0 Å². The number of nitrogens with one attached hydrogen (secondary N) is 2. The average Bonchev–Trinajstić information content (AvgIpc) is 3.16. The van der Waals surface area contributed by atoms with Crippen LogP contribution in [-0.4, -0.2) is 46.7 Å². The second-order valence-corrected chi connectivity index (χ2v) is 5.96. The van der Waals surface area contributed by atoms with Crippen molar-refractivity contribution in [2.75, 3.05) is 19.6 Å². The number of benzene rings is 1. The average molecular weight is 342 g/mol. The Balaban J connectivity index is 1.70.